The Morgan fingerprint density at radius 3 is 2.40 bits per heavy atom. The molecule has 4 nitrogen and oxygen atoms in total. The minimum Gasteiger partial charge on any atom is -0.380 e. The Balaban J connectivity index is 0.00000101. The molecule has 136 valence electrons. The Morgan fingerprint density at radius 2 is 1.80 bits per heavy atom. The van der Waals surface area contributed by atoms with Gasteiger partial charge in [0.05, 0.1) is 11.4 Å². The van der Waals surface area contributed by atoms with Crippen LogP contribution < -0.4 is 16.3 Å². The van der Waals surface area contributed by atoms with Crippen molar-refractivity contribution in [1.82, 2.24) is 16.0 Å². The molecule has 0 radical (unpaired) electrons. The number of nitrogens with zero attached hydrogens (tertiary/aromatic N) is 1. The Bertz CT molecular complexity index is 689. The van der Waals surface area contributed by atoms with Crippen LogP contribution in [0.25, 0.3) is 5.70 Å². The highest BCUT2D eigenvalue weighted by atomic mass is 127. The lowest BCUT2D eigenvalue weighted by molar-refractivity contribution is 0.207. The van der Waals surface area contributed by atoms with Crippen LogP contribution in [-0.2, 0) is 0 Å². The number of anilines is 1. The van der Waals surface area contributed by atoms with Crippen LogP contribution in [0.1, 0.15) is 33.3 Å². The number of halogens is 1. The molecule has 0 fully saturated rings. The molecular weight excluding hydrogens is 423 g/mol. The van der Waals surface area contributed by atoms with E-state index in [1.165, 1.54) is 0 Å². The average Bonchev–Trinajstić information content (AvgIpc) is 3.03. The number of rotatable bonds is 3. The molecule has 0 saturated carbocycles. The second-order valence-corrected chi connectivity index (χ2v) is 5.67. The van der Waals surface area contributed by atoms with Crippen molar-refractivity contribution in [3.63, 3.8) is 0 Å². The number of para-hydroxylation sites is 1. The van der Waals surface area contributed by atoms with Crippen LogP contribution in [0.2, 0.25) is 0 Å². The van der Waals surface area contributed by atoms with E-state index < -0.39 is 0 Å². The van der Waals surface area contributed by atoms with Gasteiger partial charge in [-0.15, -0.1) is 29.5 Å². The quantitative estimate of drug-likeness (QED) is 0.575. The number of hydrogen-bond acceptors (Lipinski definition) is 4. The molecule has 5 heteroatoms. The number of benzene rings is 1. The standard InChI is InChI=1S/C18H22N4.C2H6.HI/c1-5-13-11-19-16-10-8-7-9-15(16)17-18(14(13)6-2)22(12(3)4)21-20-17;1-2;/h5-10,12,19-21H,1-2,11H2,3-4H3;1-2H3;1H/b14-13-;;. The second kappa shape index (κ2) is 9.68. The summed E-state index contributed by atoms with van der Waals surface area (Å²) in [6, 6.07) is 8.62. The van der Waals surface area contributed by atoms with Gasteiger partial charge in [-0.25, -0.2) is 0 Å². The van der Waals surface area contributed by atoms with Crippen LogP contribution in [0, 0.1) is 0 Å². The van der Waals surface area contributed by atoms with Crippen molar-refractivity contribution >= 4 is 35.4 Å². The van der Waals surface area contributed by atoms with Gasteiger partial charge in [-0.2, -0.15) is 0 Å². The first-order valence-corrected chi connectivity index (χ1v) is 8.54. The van der Waals surface area contributed by atoms with Crippen molar-refractivity contribution in [2.45, 2.75) is 33.7 Å². The molecule has 0 spiro atoms. The van der Waals surface area contributed by atoms with Crippen LogP contribution in [0.15, 0.2) is 66.4 Å². The third-order valence-corrected chi connectivity index (χ3v) is 4.01. The van der Waals surface area contributed by atoms with E-state index in [-0.39, 0.29) is 24.0 Å². The summed E-state index contributed by atoms with van der Waals surface area (Å²) in [5.41, 5.74) is 13.3. The fraction of sp³-hybridized carbons (Fsp3) is 0.300. The monoisotopic (exact) mass is 452 g/mol. The maximum absolute atomic E-state index is 4.02. The zero-order valence-corrected chi connectivity index (χ0v) is 17.8. The van der Waals surface area contributed by atoms with Gasteiger partial charge in [0, 0.05) is 29.4 Å². The van der Waals surface area contributed by atoms with E-state index in [0.717, 1.165) is 40.3 Å². The van der Waals surface area contributed by atoms with Gasteiger partial charge in [-0.1, -0.05) is 57.4 Å². The van der Waals surface area contributed by atoms with Gasteiger partial charge >= 0.3 is 0 Å². The Kier molecular flexibility index (Phi) is 8.25. The number of nitrogens with one attached hydrogen (secondary N) is 3. The fourth-order valence-electron chi connectivity index (χ4n) is 2.90. The molecule has 2 heterocycles. The minimum atomic E-state index is 0. The molecule has 0 bridgehead atoms. The van der Waals surface area contributed by atoms with Crippen LogP contribution in [0.5, 0.6) is 0 Å². The van der Waals surface area contributed by atoms with Gasteiger partial charge in [0.2, 0.25) is 0 Å². The molecule has 0 atom stereocenters. The number of hydrazine groups is 2. The van der Waals surface area contributed by atoms with Gasteiger partial charge in [0.25, 0.3) is 0 Å². The van der Waals surface area contributed by atoms with Crippen LogP contribution in [0.4, 0.5) is 5.69 Å². The lowest BCUT2D eigenvalue weighted by Gasteiger charge is -2.28. The summed E-state index contributed by atoms with van der Waals surface area (Å²) in [6.07, 6.45) is 3.81. The third-order valence-electron chi connectivity index (χ3n) is 4.01. The molecule has 25 heavy (non-hydrogen) atoms. The molecule has 3 N–H and O–H groups in total. The Labute approximate surface area is 168 Å². The lowest BCUT2D eigenvalue weighted by atomic mass is 9.96. The van der Waals surface area contributed by atoms with Crippen molar-refractivity contribution < 1.29 is 0 Å². The molecule has 1 aromatic carbocycles. The van der Waals surface area contributed by atoms with Crippen LogP contribution in [0.3, 0.4) is 0 Å². The maximum atomic E-state index is 4.02. The average molecular weight is 452 g/mol. The first-order chi connectivity index (χ1) is 11.7. The summed E-state index contributed by atoms with van der Waals surface area (Å²) in [6.45, 7) is 17.0. The van der Waals surface area contributed by atoms with E-state index in [1.807, 2.05) is 32.1 Å². The van der Waals surface area contributed by atoms with E-state index >= 15 is 0 Å². The van der Waals surface area contributed by atoms with E-state index in [0.29, 0.717) is 6.04 Å². The van der Waals surface area contributed by atoms with E-state index in [4.69, 9.17) is 0 Å². The predicted molar refractivity (Wildman–Crippen MR) is 119 cm³/mol. The smallest absolute Gasteiger partial charge is 0.0868 e. The molecule has 0 saturated heterocycles. The number of allylic oxidation sites excluding steroid dienone is 1. The van der Waals surface area contributed by atoms with Gasteiger partial charge in [0.15, 0.2) is 0 Å². The minimum absolute atomic E-state index is 0. The van der Waals surface area contributed by atoms with Crippen molar-refractivity contribution in [2.75, 3.05) is 11.9 Å². The maximum Gasteiger partial charge on any atom is 0.0868 e. The van der Waals surface area contributed by atoms with Gasteiger partial charge in [-0.05, 0) is 25.5 Å². The van der Waals surface area contributed by atoms with E-state index in [1.54, 1.807) is 0 Å². The highest BCUT2D eigenvalue weighted by molar-refractivity contribution is 14.0. The summed E-state index contributed by atoms with van der Waals surface area (Å²) in [5.74, 6) is 0. The Hall–Kier alpha value is -1.73. The van der Waals surface area contributed by atoms with Crippen molar-refractivity contribution in [3.8, 4) is 0 Å². The molecule has 0 amide bonds. The Morgan fingerprint density at radius 1 is 1.12 bits per heavy atom. The molecule has 0 aromatic heterocycles. The third kappa shape index (κ3) is 4.10. The normalized spacial score (nSPS) is 18.4. The van der Waals surface area contributed by atoms with Gasteiger partial charge < -0.3 is 10.7 Å². The predicted octanol–water partition coefficient (Wildman–Crippen LogP) is 4.83. The van der Waals surface area contributed by atoms with Crippen molar-refractivity contribution in [3.05, 3.63) is 72.0 Å². The molecule has 2 aliphatic rings. The summed E-state index contributed by atoms with van der Waals surface area (Å²) >= 11 is 0. The SMILES string of the molecule is C=C/C1=C(\C=C)C2=C(NNN2C(C)C)c2ccccc2NC1.CC.I. The summed E-state index contributed by atoms with van der Waals surface area (Å²) in [5, 5.41) is 5.63. The summed E-state index contributed by atoms with van der Waals surface area (Å²) in [7, 11) is 0. The summed E-state index contributed by atoms with van der Waals surface area (Å²) in [4.78, 5) is 0. The zero-order valence-electron chi connectivity index (χ0n) is 15.5. The van der Waals surface area contributed by atoms with Gasteiger partial charge in [0.1, 0.15) is 0 Å². The van der Waals surface area contributed by atoms with Crippen LogP contribution in [-0.4, -0.2) is 17.6 Å². The molecule has 1 aromatic rings. The van der Waals surface area contributed by atoms with E-state index in [2.05, 4.69) is 66.5 Å². The summed E-state index contributed by atoms with van der Waals surface area (Å²) < 4.78 is 0. The first kappa shape index (κ1) is 21.3. The molecule has 0 aliphatic carbocycles. The first-order valence-electron chi connectivity index (χ1n) is 8.54. The topological polar surface area (TPSA) is 39.3 Å². The molecule has 0 unspecified atom stereocenters. The number of hydrogen-bond donors (Lipinski definition) is 3. The highest BCUT2D eigenvalue weighted by Crippen LogP contribution is 2.36. The number of fused-ring (bicyclic) bond motifs is 2. The lowest BCUT2D eigenvalue weighted by Crippen LogP contribution is -2.42. The van der Waals surface area contributed by atoms with E-state index in [9.17, 15) is 0 Å². The van der Waals surface area contributed by atoms with Crippen molar-refractivity contribution in [2.24, 2.45) is 0 Å². The van der Waals surface area contributed by atoms with Crippen LogP contribution >= 0.6 is 24.0 Å². The second-order valence-electron chi connectivity index (χ2n) is 5.67. The fourth-order valence-corrected chi connectivity index (χ4v) is 2.90. The molecule has 3 rings (SSSR count). The molecule has 2 aliphatic heterocycles. The largest absolute Gasteiger partial charge is 0.380 e. The zero-order chi connectivity index (χ0) is 17.7. The van der Waals surface area contributed by atoms with Gasteiger partial charge in [-0.3, -0.25) is 5.01 Å². The van der Waals surface area contributed by atoms with Crippen molar-refractivity contribution in [1.29, 1.82) is 0 Å². The highest BCUT2D eigenvalue weighted by Gasteiger charge is 2.30. The molecular formula is C20H29IN4.